The van der Waals surface area contributed by atoms with Gasteiger partial charge in [0.05, 0.1) is 4.90 Å². The van der Waals surface area contributed by atoms with Gasteiger partial charge in [0.15, 0.2) is 0 Å². The predicted molar refractivity (Wildman–Crippen MR) is 103 cm³/mol. The average Bonchev–Trinajstić information content (AvgIpc) is 2.98. The molecule has 1 aliphatic carbocycles. The average molecular weight is 375 g/mol. The number of nitrogens with one attached hydrogen (secondary N) is 2. The molecule has 7 heteroatoms. The number of amidine groups is 1. The minimum Gasteiger partial charge on any atom is -0.326 e. The first kappa shape index (κ1) is 18.6. The van der Waals surface area contributed by atoms with Crippen LogP contribution in [0.1, 0.15) is 44.9 Å². The van der Waals surface area contributed by atoms with E-state index in [0.29, 0.717) is 36.8 Å². The molecular formula is C19H25N3O3S. The largest absolute Gasteiger partial charge is 0.326 e. The van der Waals surface area contributed by atoms with E-state index in [1.54, 1.807) is 12.1 Å². The summed E-state index contributed by atoms with van der Waals surface area (Å²) in [5.41, 5.74) is 0.600. The summed E-state index contributed by atoms with van der Waals surface area (Å²) >= 11 is 0. The maximum absolute atomic E-state index is 12.5. The fourth-order valence-corrected chi connectivity index (χ4v) is 4.29. The summed E-state index contributed by atoms with van der Waals surface area (Å²) < 4.78 is 27.6. The van der Waals surface area contributed by atoms with Crippen LogP contribution in [0.4, 0.5) is 5.69 Å². The highest BCUT2D eigenvalue weighted by Crippen LogP contribution is 2.21. The van der Waals surface area contributed by atoms with Gasteiger partial charge in [0, 0.05) is 25.1 Å². The van der Waals surface area contributed by atoms with Gasteiger partial charge in [0.25, 0.3) is 10.0 Å². The van der Waals surface area contributed by atoms with Crippen molar-refractivity contribution in [1.82, 2.24) is 4.72 Å². The van der Waals surface area contributed by atoms with Crippen LogP contribution in [0.3, 0.4) is 0 Å². The highest BCUT2D eigenvalue weighted by molar-refractivity contribution is 7.90. The molecule has 0 aromatic heterocycles. The van der Waals surface area contributed by atoms with E-state index in [4.69, 9.17) is 0 Å². The Bertz CT molecular complexity index is 798. The molecule has 1 aliphatic heterocycles. The third-order valence-electron chi connectivity index (χ3n) is 4.63. The standard InChI is InChI=1S/C19H25N3O3S/c23-19(14-15-6-3-4-7-15)21-16-9-11-17(12-10-16)26(24,25)22-18-8-2-1-5-13-20-18/h3,6,9-12,15H,1-2,4-5,7-8,13-14H2,(H,20,22)(H,21,23)/t15-/m1/s1. The van der Waals surface area contributed by atoms with Crippen LogP contribution in [0.2, 0.25) is 0 Å². The Morgan fingerprint density at radius 1 is 1.15 bits per heavy atom. The van der Waals surface area contributed by atoms with Crippen molar-refractivity contribution in [2.24, 2.45) is 10.9 Å². The van der Waals surface area contributed by atoms with Crippen LogP contribution < -0.4 is 10.0 Å². The molecule has 6 nitrogen and oxygen atoms in total. The smallest absolute Gasteiger partial charge is 0.262 e. The molecule has 26 heavy (non-hydrogen) atoms. The lowest BCUT2D eigenvalue weighted by atomic mass is 10.1. The van der Waals surface area contributed by atoms with E-state index in [9.17, 15) is 13.2 Å². The number of nitrogens with zero attached hydrogens (tertiary/aromatic N) is 1. The molecule has 0 spiro atoms. The Hall–Kier alpha value is -2.15. The van der Waals surface area contributed by atoms with Crippen LogP contribution in [-0.2, 0) is 14.8 Å². The molecule has 1 aromatic rings. The molecule has 3 rings (SSSR count). The number of aliphatic imine (C=N–C) groups is 1. The first-order chi connectivity index (χ1) is 12.5. The monoisotopic (exact) mass is 375 g/mol. The highest BCUT2D eigenvalue weighted by Gasteiger charge is 2.18. The van der Waals surface area contributed by atoms with Gasteiger partial charge in [-0.15, -0.1) is 0 Å². The number of benzene rings is 1. The van der Waals surface area contributed by atoms with Crippen LogP contribution in [-0.4, -0.2) is 26.7 Å². The second-order valence-corrected chi connectivity index (χ2v) is 8.47. The molecular weight excluding hydrogens is 350 g/mol. The number of amides is 1. The van der Waals surface area contributed by atoms with Gasteiger partial charge in [-0.1, -0.05) is 18.6 Å². The molecule has 140 valence electrons. The molecule has 1 aromatic carbocycles. The van der Waals surface area contributed by atoms with Gasteiger partial charge in [-0.2, -0.15) is 0 Å². The van der Waals surface area contributed by atoms with Crippen LogP contribution in [0.15, 0.2) is 46.3 Å². The van der Waals surface area contributed by atoms with Crippen molar-refractivity contribution >= 4 is 27.5 Å². The quantitative estimate of drug-likeness (QED) is 0.775. The minimum absolute atomic E-state index is 0.0527. The number of rotatable bonds is 5. The topological polar surface area (TPSA) is 87.6 Å². The molecule has 0 fully saturated rings. The first-order valence-corrected chi connectivity index (χ1v) is 10.6. The second-order valence-electron chi connectivity index (χ2n) is 6.79. The van der Waals surface area contributed by atoms with Gasteiger partial charge in [0.1, 0.15) is 5.84 Å². The molecule has 1 amide bonds. The number of sulfonamides is 1. The van der Waals surface area contributed by atoms with E-state index < -0.39 is 10.0 Å². The molecule has 0 unspecified atom stereocenters. The van der Waals surface area contributed by atoms with Gasteiger partial charge >= 0.3 is 0 Å². The third-order valence-corrected chi connectivity index (χ3v) is 6.03. The number of allylic oxidation sites excluding steroid dienone is 2. The van der Waals surface area contributed by atoms with Gasteiger partial charge in [-0.05, 0) is 55.9 Å². The van der Waals surface area contributed by atoms with Gasteiger partial charge in [0.2, 0.25) is 5.91 Å². The summed E-state index contributed by atoms with van der Waals surface area (Å²) in [6, 6.07) is 6.24. The summed E-state index contributed by atoms with van der Waals surface area (Å²) in [5, 5.41) is 2.83. The van der Waals surface area contributed by atoms with Gasteiger partial charge in [-0.25, -0.2) is 8.42 Å². The molecule has 2 aliphatic rings. The molecule has 1 atom stereocenters. The Labute approximate surface area is 154 Å². The zero-order valence-corrected chi connectivity index (χ0v) is 15.6. The van der Waals surface area contributed by atoms with E-state index in [0.717, 1.165) is 32.1 Å². The van der Waals surface area contributed by atoms with Crippen molar-refractivity contribution in [3.8, 4) is 0 Å². The van der Waals surface area contributed by atoms with Crippen LogP contribution >= 0.6 is 0 Å². The molecule has 0 bridgehead atoms. The summed E-state index contributed by atoms with van der Waals surface area (Å²) in [7, 11) is -3.64. The number of carbonyl (C=O) groups excluding carboxylic acids is 1. The fraction of sp³-hybridized carbons (Fsp3) is 0.474. The zero-order valence-electron chi connectivity index (χ0n) is 14.8. The maximum atomic E-state index is 12.5. The second kappa shape index (κ2) is 8.49. The predicted octanol–water partition coefficient (Wildman–Crippen LogP) is 3.23. The fourth-order valence-electron chi connectivity index (χ4n) is 3.20. The number of hydrogen-bond donors (Lipinski definition) is 2. The maximum Gasteiger partial charge on any atom is 0.262 e. The summed E-state index contributed by atoms with van der Waals surface area (Å²) in [6.07, 6.45) is 10.3. The Balaban J connectivity index is 1.59. The van der Waals surface area contributed by atoms with E-state index in [2.05, 4.69) is 27.2 Å². The van der Waals surface area contributed by atoms with Crippen molar-refractivity contribution in [3.05, 3.63) is 36.4 Å². The van der Waals surface area contributed by atoms with Crippen LogP contribution in [0, 0.1) is 5.92 Å². The first-order valence-electron chi connectivity index (χ1n) is 9.16. The molecule has 0 saturated heterocycles. The van der Waals surface area contributed by atoms with E-state index in [1.807, 2.05) is 0 Å². The molecule has 0 saturated carbocycles. The summed E-state index contributed by atoms with van der Waals surface area (Å²) in [4.78, 5) is 16.5. The summed E-state index contributed by atoms with van der Waals surface area (Å²) in [6.45, 7) is 0.666. The zero-order chi connectivity index (χ0) is 18.4. The Morgan fingerprint density at radius 3 is 2.69 bits per heavy atom. The lowest BCUT2D eigenvalue weighted by Gasteiger charge is -2.11. The van der Waals surface area contributed by atoms with Crippen molar-refractivity contribution in [3.63, 3.8) is 0 Å². The highest BCUT2D eigenvalue weighted by atomic mass is 32.2. The van der Waals surface area contributed by atoms with Crippen LogP contribution in [0.5, 0.6) is 0 Å². The minimum atomic E-state index is -3.64. The molecule has 1 heterocycles. The number of hydrogen-bond acceptors (Lipinski definition) is 4. The number of anilines is 1. The van der Waals surface area contributed by atoms with Gasteiger partial charge < -0.3 is 5.32 Å². The number of carbonyl (C=O) groups is 1. The third kappa shape index (κ3) is 5.17. The van der Waals surface area contributed by atoms with Gasteiger partial charge in [-0.3, -0.25) is 14.5 Å². The van der Waals surface area contributed by atoms with Crippen molar-refractivity contribution in [2.75, 3.05) is 11.9 Å². The molecule has 0 radical (unpaired) electrons. The Kier molecular flexibility index (Phi) is 6.08. The summed E-state index contributed by atoms with van der Waals surface area (Å²) in [5.74, 6) is 0.784. The normalized spacial score (nSPS) is 20.3. The lowest BCUT2D eigenvalue weighted by Crippen LogP contribution is -2.30. The van der Waals surface area contributed by atoms with E-state index in [1.165, 1.54) is 12.1 Å². The van der Waals surface area contributed by atoms with E-state index >= 15 is 0 Å². The lowest BCUT2D eigenvalue weighted by molar-refractivity contribution is -0.116. The Morgan fingerprint density at radius 2 is 1.96 bits per heavy atom. The van der Waals surface area contributed by atoms with Crippen LogP contribution in [0.25, 0.3) is 0 Å². The SMILES string of the molecule is O=C(C[C@@H]1C=CCC1)Nc1ccc(S(=O)(=O)NC2=NCCCCC2)cc1. The van der Waals surface area contributed by atoms with Crippen molar-refractivity contribution in [2.45, 2.75) is 49.8 Å². The molecule has 2 N–H and O–H groups in total. The van der Waals surface area contributed by atoms with Crippen molar-refractivity contribution in [1.29, 1.82) is 0 Å². The van der Waals surface area contributed by atoms with E-state index in [-0.39, 0.29) is 10.8 Å². The van der Waals surface area contributed by atoms with Crippen molar-refractivity contribution < 1.29 is 13.2 Å².